The fourth-order valence-electron chi connectivity index (χ4n) is 3.04. The maximum Gasteiger partial charge on any atom is 0.407 e. The van der Waals surface area contributed by atoms with Crippen molar-refractivity contribution in [2.75, 3.05) is 19.8 Å². The quantitative estimate of drug-likeness (QED) is 0.327. The number of esters is 2. The number of benzene rings is 2. The molecule has 0 saturated heterocycles. The third-order valence-corrected chi connectivity index (χ3v) is 4.66. The molecule has 0 aromatic heterocycles. The van der Waals surface area contributed by atoms with E-state index in [4.69, 9.17) is 18.9 Å². The van der Waals surface area contributed by atoms with Gasteiger partial charge in [-0.3, -0.25) is 4.79 Å². The molecule has 2 aromatic rings. The first-order valence-corrected chi connectivity index (χ1v) is 11.9. The monoisotopic (exact) mass is 514 g/mol. The van der Waals surface area contributed by atoms with Crippen LogP contribution in [0.1, 0.15) is 38.8 Å². The van der Waals surface area contributed by atoms with E-state index >= 15 is 0 Å². The Hall–Kier alpha value is -4.08. The van der Waals surface area contributed by atoms with Gasteiger partial charge in [0.1, 0.15) is 30.5 Å². The number of carbonyl (C=O) groups excluding carboxylic acids is 4. The maximum atomic E-state index is 12.8. The minimum absolute atomic E-state index is 0.0638. The SMILES string of the molecule is CCOC(=O)COc1ccc(CC(NC(=O)CNC(=O)OCc2ccccc2)C(=O)OC(C)(C)C)cc1. The molecule has 2 rings (SSSR count). The van der Waals surface area contributed by atoms with Crippen LogP contribution in [0.2, 0.25) is 0 Å². The van der Waals surface area contributed by atoms with Crippen LogP contribution in [0, 0.1) is 0 Å². The maximum absolute atomic E-state index is 12.8. The standard InChI is InChI=1S/C27H34N2O8/c1-5-34-24(31)18-35-21-13-11-19(12-14-21)15-22(25(32)37-27(2,3)4)29-23(30)16-28-26(33)36-17-20-9-7-6-8-10-20/h6-14,22H,5,15-18H2,1-4H3,(H,28,33)(H,29,30). The number of amides is 2. The highest BCUT2D eigenvalue weighted by Crippen LogP contribution is 2.16. The molecule has 0 heterocycles. The molecule has 2 amide bonds. The average Bonchev–Trinajstić information content (AvgIpc) is 2.85. The minimum Gasteiger partial charge on any atom is -0.482 e. The van der Waals surface area contributed by atoms with Gasteiger partial charge >= 0.3 is 18.0 Å². The second-order valence-corrected chi connectivity index (χ2v) is 9.01. The van der Waals surface area contributed by atoms with Crippen molar-refractivity contribution in [3.05, 3.63) is 65.7 Å². The highest BCUT2D eigenvalue weighted by Gasteiger charge is 2.27. The summed E-state index contributed by atoms with van der Waals surface area (Å²) in [6.45, 7) is 6.62. The summed E-state index contributed by atoms with van der Waals surface area (Å²) in [5, 5.41) is 4.98. The Morgan fingerprint density at radius 2 is 1.57 bits per heavy atom. The molecular weight excluding hydrogens is 480 g/mol. The van der Waals surface area contributed by atoms with Crippen molar-refractivity contribution in [2.45, 2.75) is 52.4 Å². The van der Waals surface area contributed by atoms with E-state index in [1.165, 1.54) is 0 Å². The zero-order chi connectivity index (χ0) is 27.3. The topological polar surface area (TPSA) is 129 Å². The first-order chi connectivity index (χ1) is 17.6. The van der Waals surface area contributed by atoms with Crippen LogP contribution < -0.4 is 15.4 Å². The Labute approximate surface area is 216 Å². The summed E-state index contributed by atoms with van der Waals surface area (Å²) in [5.41, 5.74) is 0.768. The summed E-state index contributed by atoms with van der Waals surface area (Å²) in [6.07, 6.45) is -0.622. The summed E-state index contributed by atoms with van der Waals surface area (Å²) in [5.74, 6) is -1.22. The van der Waals surface area contributed by atoms with Gasteiger partial charge in [0, 0.05) is 6.42 Å². The number of ether oxygens (including phenoxy) is 4. The molecule has 1 atom stereocenters. The van der Waals surface area contributed by atoms with Crippen molar-refractivity contribution in [1.82, 2.24) is 10.6 Å². The van der Waals surface area contributed by atoms with Crippen molar-refractivity contribution in [3.8, 4) is 5.75 Å². The predicted molar refractivity (Wildman–Crippen MR) is 135 cm³/mol. The second-order valence-electron chi connectivity index (χ2n) is 9.01. The highest BCUT2D eigenvalue weighted by molar-refractivity contribution is 5.87. The van der Waals surface area contributed by atoms with E-state index in [9.17, 15) is 19.2 Å². The van der Waals surface area contributed by atoms with E-state index in [-0.39, 0.29) is 32.8 Å². The van der Waals surface area contributed by atoms with Crippen LogP contribution in [-0.4, -0.2) is 55.3 Å². The Morgan fingerprint density at radius 1 is 0.892 bits per heavy atom. The lowest BCUT2D eigenvalue weighted by Crippen LogP contribution is -2.48. The van der Waals surface area contributed by atoms with Gasteiger partial charge in [0.05, 0.1) is 6.61 Å². The molecule has 37 heavy (non-hydrogen) atoms. The molecule has 200 valence electrons. The molecule has 0 fully saturated rings. The van der Waals surface area contributed by atoms with Crippen molar-refractivity contribution < 1.29 is 38.1 Å². The van der Waals surface area contributed by atoms with Gasteiger partial charge in [-0.2, -0.15) is 0 Å². The highest BCUT2D eigenvalue weighted by atomic mass is 16.6. The van der Waals surface area contributed by atoms with E-state index in [2.05, 4.69) is 10.6 Å². The van der Waals surface area contributed by atoms with Gasteiger partial charge in [-0.05, 0) is 51.0 Å². The third-order valence-electron chi connectivity index (χ3n) is 4.66. The van der Waals surface area contributed by atoms with E-state index in [1.807, 2.05) is 30.3 Å². The van der Waals surface area contributed by atoms with Crippen molar-refractivity contribution >= 4 is 23.9 Å². The number of hydrogen-bond donors (Lipinski definition) is 2. The fraction of sp³-hybridized carbons (Fsp3) is 0.407. The number of rotatable bonds is 12. The van der Waals surface area contributed by atoms with Crippen LogP contribution >= 0.6 is 0 Å². The van der Waals surface area contributed by atoms with Gasteiger partial charge in [-0.25, -0.2) is 14.4 Å². The summed E-state index contributed by atoms with van der Waals surface area (Å²) >= 11 is 0. The Morgan fingerprint density at radius 3 is 2.19 bits per heavy atom. The lowest BCUT2D eigenvalue weighted by atomic mass is 10.1. The molecule has 2 aromatic carbocycles. The molecule has 10 heteroatoms. The Bertz CT molecular complexity index is 1030. The first-order valence-electron chi connectivity index (χ1n) is 11.9. The van der Waals surface area contributed by atoms with E-state index in [0.717, 1.165) is 11.1 Å². The smallest absolute Gasteiger partial charge is 0.407 e. The second kappa shape index (κ2) is 14.5. The zero-order valence-electron chi connectivity index (χ0n) is 21.6. The van der Waals surface area contributed by atoms with Crippen LogP contribution in [0.3, 0.4) is 0 Å². The molecule has 1 unspecified atom stereocenters. The van der Waals surface area contributed by atoms with Gasteiger partial charge in [0.25, 0.3) is 0 Å². The minimum atomic E-state index is -1.000. The predicted octanol–water partition coefficient (Wildman–Crippen LogP) is 2.92. The lowest BCUT2D eigenvalue weighted by Gasteiger charge is -2.24. The van der Waals surface area contributed by atoms with Crippen LogP contribution in [0.15, 0.2) is 54.6 Å². The van der Waals surface area contributed by atoms with E-state index in [1.54, 1.807) is 52.0 Å². The molecule has 0 saturated carbocycles. The van der Waals surface area contributed by atoms with Crippen LogP contribution in [-0.2, 0) is 41.6 Å². The number of hydrogen-bond acceptors (Lipinski definition) is 8. The summed E-state index contributed by atoms with van der Waals surface area (Å²) in [4.78, 5) is 48.7. The van der Waals surface area contributed by atoms with E-state index in [0.29, 0.717) is 5.75 Å². The van der Waals surface area contributed by atoms with Crippen LogP contribution in [0.4, 0.5) is 4.79 Å². The van der Waals surface area contributed by atoms with Crippen molar-refractivity contribution in [1.29, 1.82) is 0 Å². The first kappa shape index (κ1) is 29.2. The van der Waals surface area contributed by atoms with Gasteiger partial charge < -0.3 is 29.6 Å². The third kappa shape index (κ3) is 11.9. The normalized spacial score (nSPS) is 11.6. The zero-order valence-corrected chi connectivity index (χ0v) is 21.6. The van der Waals surface area contributed by atoms with Crippen LogP contribution in [0.25, 0.3) is 0 Å². The number of nitrogens with one attached hydrogen (secondary N) is 2. The molecule has 0 aliphatic rings. The van der Waals surface area contributed by atoms with Crippen molar-refractivity contribution in [2.24, 2.45) is 0 Å². The lowest BCUT2D eigenvalue weighted by molar-refractivity contribution is -0.158. The van der Waals surface area contributed by atoms with Gasteiger partial charge in [-0.1, -0.05) is 42.5 Å². The number of carbonyl (C=O) groups is 4. The van der Waals surface area contributed by atoms with Gasteiger partial charge in [0.15, 0.2) is 6.61 Å². The largest absolute Gasteiger partial charge is 0.482 e. The molecule has 0 spiro atoms. The molecule has 0 radical (unpaired) electrons. The molecule has 2 N–H and O–H groups in total. The Kier molecular flexibility index (Phi) is 11.4. The van der Waals surface area contributed by atoms with Gasteiger partial charge in [-0.15, -0.1) is 0 Å². The summed E-state index contributed by atoms with van der Waals surface area (Å²) in [6, 6.07) is 14.8. The van der Waals surface area contributed by atoms with Gasteiger partial charge in [0.2, 0.25) is 5.91 Å². The number of alkyl carbamates (subject to hydrolysis) is 1. The molecule has 10 nitrogen and oxygen atoms in total. The Balaban J connectivity index is 1.93. The molecule has 0 aliphatic carbocycles. The fourth-order valence-corrected chi connectivity index (χ4v) is 3.04. The van der Waals surface area contributed by atoms with E-state index < -0.39 is 35.6 Å². The average molecular weight is 515 g/mol. The van der Waals surface area contributed by atoms with Crippen molar-refractivity contribution in [3.63, 3.8) is 0 Å². The van der Waals surface area contributed by atoms with Crippen LogP contribution in [0.5, 0.6) is 5.75 Å². The summed E-state index contributed by atoms with van der Waals surface area (Å²) in [7, 11) is 0. The molecular formula is C27H34N2O8. The molecule has 0 bridgehead atoms. The summed E-state index contributed by atoms with van der Waals surface area (Å²) < 4.78 is 20.7. The molecule has 0 aliphatic heterocycles.